The molecule has 2 N–H and O–H groups in total. The minimum Gasteiger partial charge on any atom is -0.467 e. The Hall–Kier alpha value is -1.07. The first-order chi connectivity index (χ1) is 7.88. The summed E-state index contributed by atoms with van der Waals surface area (Å²) in [5, 5.41) is 12.9. The summed E-state index contributed by atoms with van der Waals surface area (Å²) in [5.41, 5.74) is 0.361. The van der Waals surface area contributed by atoms with E-state index in [0.29, 0.717) is 0 Å². The Morgan fingerprint density at radius 3 is 2.82 bits per heavy atom. The predicted molar refractivity (Wildman–Crippen MR) is 70.0 cm³/mol. The smallest absolute Gasteiger partial charge is 0.339 e. The molecule has 0 spiro atoms. The average Bonchev–Trinajstić information content (AvgIpc) is 2.30. The fourth-order valence-corrected chi connectivity index (χ4v) is 1.75. The maximum atomic E-state index is 11.3. The summed E-state index contributed by atoms with van der Waals surface area (Å²) in [6.45, 7) is 3.46. The van der Waals surface area contributed by atoms with E-state index >= 15 is 0 Å². The third kappa shape index (κ3) is 3.44. The lowest BCUT2D eigenvalue weighted by atomic mass is 10.1. The van der Waals surface area contributed by atoms with Gasteiger partial charge in [0.2, 0.25) is 0 Å². The summed E-state index contributed by atoms with van der Waals surface area (Å²) in [6.07, 6.45) is 0. The van der Waals surface area contributed by atoms with E-state index in [1.807, 2.05) is 25.1 Å². The molecule has 17 heavy (non-hydrogen) atoms. The Morgan fingerprint density at radius 1 is 1.59 bits per heavy atom. The number of carbonyl (C=O) groups is 1. The van der Waals surface area contributed by atoms with Crippen molar-refractivity contribution in [1.82, 2.24) is 0 Å². The first kappa shape index (κ1) is 14.0. The number of methoxy groups -OCH3 is 1. The molecule has 0 aliphatic carbocycles. The zero-order valence-corrected chi connectivity index (χ0v) is 11.7. The van der Waals surface area contributed by atoms with Crippen LogP contribution in [0.3, 0.4) is 0 Å². The van der Waals surface area contributed by atoms with E-state index in [2.05, 4.69) is 26.0 Å². The Morgan fingerprint density at radius 2 is 2.24 bits per heavy atom. The summed E-state index contributed by atoms with van der Waals surface area (Å²) >= 11 is 3.44. The number of benzene rings is 1. The summed E-state index contributed by atoms with van der Waals surface area (Å²) < 4.78 is 5.43. The van der Waals surface area contributed by atoms with Crippen LogP contribution in [-0.2, 0) is 9.53 Å². The van der Waals surface area contributed by atoms with E-state index in [0.717, 1.165) is 15.7 Å². The van der Waals surface area contributed by atoms with Crippen molar-refractivity contribution in [2.45, 2.75) is 19.4 Å². The molecular formula is C12H16BrNO3. The maximum absolute atomic E-state index is 11.3. The fraction of sp³-hybridized carbons (Fsp3) is 0.417. The van der Waals surface area contributed by atoms with Crippen molar-refractivity contribution < 1.29 is 14.6 Å². The highest BCUT2D eigenvalue weighted by molar-refractivity contribution is 9.10. The van der Waals surface area contributed by atoms with E-state index in [9.17, 15) is 9.90 Å². The van der Waals surface area contributed by atoms with Crippen LogP contribution in [0.5, 0.6) is 0 Å². The molecule has 1 aromatic rings. The molecule has 0 fully saturated rings. The lowest BCUT2D eigenvalue weighted by Crippen LogP contribution is -2.42. The van der Waals surface area contributed by atoms with Gasteiger partial charge in [-0.25, -0.2) is 4.79 Å². The number of hydrogen-bond donors (Lipinski definition) is 2. The highest BCUT2D eigenvalue weighted by atomic mass is 79.9. The van der Waals surface area contributed by atoms with E-state index in [4.69, 9.17) is 0 Å². The second-order valence-electron chi connectivity index (χ2n) is 4.06. The molecule has 0 aliphatic heterocycles. The number of halogens is 1. The number of hydrogen-bond acceptors (Lipinski definition) is 4. The van der Waals surface area contributed by atoms with Gasteiger partial charge in [-0.05, 0) is 41.4 Å². The molecule has 4 nitrogen and oxygen atoms in total. The van der Waals surface area contributed by atoms with Crippen LogP contribution in [0.15, 0.2) is 22.7 Å². The minimum absolute atomic E-state index is 0.0850. The lowest BCUT2D eigenvalue weighted by molar-refractivity contribution is -0.158. The second-order valence-corrected chi connectivity index (χ2v) is 4.85. The number of aryl methyl sites for hydroxylation is 1. The van der Waals surface area contributed by atoms with Gasteiger partial charge in [-0.1, -0.05) is 12.1 Å². The van der Waals surface area contributed by atoms with Crippen LogP contribution in [0.25, 0.3) is 0 Å². The van der Waals surface area contributed by atoms with Crippen LogP contribution in [0.2, 0.25) is 0 Å². The zero-order valence-electron chi connectivity index (χ0n) is 10.1. The van der Waals surface area contributed by atoms with Gasteiger partial charge < -0.3 is 15.2 Å². The maximum Gasteiger partial charge on any atom is 0.339 e. The van der Waals surface area contributed by atoms with Gasteiger partial charge in [-0.15, -0.1) is 0 Å². The molecule has 1 unspecified atom stereocenters. The Kier molecular flexibility index (Phi) is 4.54. The number of anilines is 1. The highest BCUT2D eigenvalue weighted by Gasteiger charge is 2.31. The number of esters is 1. The van der Waals surface area contributed by atoms with Crippen molar-refractivity contribution in [1.29, 1.82) is 0 Å². The second kappa shape index (κ2) is 5.51. The molecule has 0 amide bonds. The molecule has 0 aromatic heterocycles. The van der Waals surface area contributed by atoms with Crippen LogP contribution in [0.1, 0.15) is 12.5 Å². The molecule has 1 rings (SSSR count). The summed E-state index contributed by atoms with van der Waals surface area (Å²) in [7, 11) is 1.25. The third-order valence-corrected chi connectivity index (χ3v) is 3.49. The molecule has 1 aromatic carbocycles. The third-order valence-electron chi connectivity index (χ3n) is 2.44. The van der Waals surface area contributed by atoms with Crippen LogP contribution in [-0.4, -0.2) is 30.3 Å². The van der Waals surface area contributed by atoms with E-state index in [-0.39, 0.29) is 6.54 Å². The van der Waals surface area contributed by atoms with Crippen molar-refractivity contribution in [3.8, 4) is 0 Å². The SMILES string of the molecule is COC(=O)C(C)(O)CNc1cccc(C)c1Br. The monoisotopic (exact) mass is 301 g/mol. The van der Waals surface area contributed by atoms with Gasteiger partial charge in [-0.2, -0.15) is 0 Å². The minimum atomic E-state index is -1.54. The summed E-state index contributed by atoms with van der Waals surface area (Å²) in [4.78, 5) is 11.3. The van der Waals surface area contributed by atoms with Crippen molar-refractivity contribution in [2.24, 2.45) is 0 Å². The number of nitrogens with one attached hydrogen (secondary N) is 1. The molecule has 5 heteroatoms. The predicted octanol–water partition coefficient (Wildman–Crippen LogP) is 2.09. The molecule has 0 saturated heterocycles. The van der Waals surface area contributed by atoms with Gasteiger partial charge >= 0.3 is 5.97 Å². The standard InChI is InChI=1S/C12H16BrNO3/c1-8-5-4-6-9(10(8)13)14-7-12(2,16)11(15)17-3/h4-6,14,16H,7H2,1-3H3. The van der Waals surface area contributed by atoms with Crippen molar-refractivity contribution in [3.63, 3.8) is 0 Å². The Labute approximate surface area is 109 Å². The van der Waals surface area contributed by atoms with Gasteiger partial charge in [0.05, 0.1) is 13.7 Å². The van der Waals surface area contributed by atoms with Crippen LogP contribution in [0.4, 0.5) is 5.69 Å². The van der Waals surface area contributed by atoms with Gasteiger partial charge in [0, 0.05) is 10.2 Å². The Balaban J connectivity index is 2.74. The van der Waals surface area contributed by atoms with Crippen LogP contribution < -0.4 is 5.32 Å². The average molecular weight is 302 g/mol. The van der Waals surface area contributed by atoms with E-state index < -0.39 is 11.6 Å². The molecular weight excluding hydrogens is 286 g/mol. The summed E-state index contributed by atoms with van der Waals surface area (Å²) in [6, 6.07) is 5.73. The molecule has 0 heterocycles. The molecule has 0 bridgehead atoms. The number of rotatable bonds is 4. The zero-order chi connectivity index (χ0) is 13.1. The topological polar surface area (TPSA) is 58.6 Å². The molecule has 0 saturated carbocycles. The molecule has 0 aliphatic rings. The highest BCUT2D eigenvalue weighted by Crippen LogP contribution is 2.26. The van der Waals surface area contributed by atoms with Crippen molar-refractivity contribution in [3.05, 3.63) is 28.2 Å². The van der Waals surface area contributed by atoms with Gasteiger partial charge in [0.15, 0.2) is 5.60 Å². The first-order valence-corrected chi connectivity index (χ1v) is 5.97. The van der Waals surface area contributed by atoms with Crippen molar-refractivity contribution >= 4 is 27.6 Å². The molecule has 0 radical (unpaired) electrons. The van der Waals surface area contributed by atoms with Gasteiger partial charge in [0.25, 0.3) is 0 Å². The molecule has 94 valence electrons. The van der Waals surface area contributed by atoms with Crippen LogP contribution >= 0.6 is 15.9 Å². The normalized spacial score (nSPS) is 13.9. The van der Waals surface area contributed by atoms with Gasteiger partial charge in [-0.3, -0.25) is 0 Å². The summed E-state index contributed by atoms with van der Waals surface area (Å²) in [5.74, 6) is -0.659. The Bertz CT molecular complexity index is 418. The largest absolute Gasteiger partial charge is 0.467 e. The lowest BCUT2D eigenvalue weighted by Gasteiger charge is -2.21. The van der Waals surface area contributed by atoms with Crippen LogP contribution in [0, 0.1) is 6.92 Å². The first-order valence-electron chi connectivity index (χ1n) is 5.18. The fourth-order valence-electron chi connectivity index (χ4n) is 1.34. The van der Waals surface area contributed by atoms with E-state index in [1.54, 1.807) is 0 Å². The van der Waals surface area contributed by atoms with E-state index in [1.165, 1.54) is 14.0 Å². The molecule has 1 atom stereocenters. The van der Waals surface area contributed by atoms with Gasteiger partial charge in [0.1, 0.15) is 0 Å². The number of ether oxygens (including phenoxy) is 1. The number of carbonyl (C=O) groups excluding carboxylic acids is 1. The van der Waals surface area contributed by atoms with Crippen molar-refractivity contribution in [2.75, 3.05) is 19.0 Å². The number of aliphatic hydroxyl groups is 1. The quantitative estimate of drug-likeness (QED) is 0.836.